The number of nitrogens with zero attached hydrogens (tertiary/aromatic N) is 2. The molecule has 0 spiro atoms. The average molecular weight is 609 g/mol. The molecule has 0 saturated heterocycles. The largest absolute Gasteiger partial charge is 0.502 e. The number of likely N-dealkylation sites (N-methyl/N-ethyl adjacent to an activating group) is 2. The molecule has 1 N–H and O–H groups in total. The van der Waals surface area contributed by atoms with E-state index in [4.69, 9.17) is 23.7 Å². The molecule has 4 heterocycles. The molecule has 234 valence electrons. The molecule has 8 rings (SSSR count). The molecule has 4 aromatic carbocycles. The summed E-state index contributed by atoms with van der Waals surface area (Å²) in [5, 5.41) is 11.5. The van der Waals surface area contributed by atoms with Crippen LogP contribution < -0.4 is 23.7 Å². The third kappa shape index (κ3) is 5.32. The Morgan fingerprint density at radius 1 is 0.667 bits per heavy atom. The summed E-state index contributed by atoms with van der Waals surface area (Å²) in [4.78, 5) is 4.74. The lowest BCUT2D eigenvalue weighted by atomic mass is 9.87. The van der Waals surface area contributed by atoms with E-state index in [0.717, 1.165) is 61.2 Å². The lowest BCUT2D eigenvalue weighted by molar-refractivity contribution is 0.224. The summed E-state index contributed by atoms with van der Waals surface area (Å²) in [7, 11) is 9.22. The molecule has 4 aliphatic rings. The summed E-state index contributed by atoms with van der Waals surface area (Å²) < 4.78 is 30.4. The minimum Gasteiger partial charge on any atom is -0.502 e. The van der Waals surface area contributed by atoms with Crippen LogP contribution in [0.15, 0.2) is 60.7 Å². The van der Waals surface area contributed by atoms with E-state index >= 15 is 0 Å². The zero-order valence-electron chi connectivity index (χ0n) is 26.6. The molecule has 0 aromatic heterocycles. The number of hydrogen-bond donors (Lipinski definition) is 1. The number of hydrogen-bond acceptors (Lipinski definition) is 8. The van der Waals surface area contributed by atoms with Crippen LogP contribution in [-0.2, 0) is 25.7 Å². The highest BCUT2D eigenvalue weighted by atomic mass is 16.5. The molecule has 0 amide bonds. The normalized spacial score (nSPS) is 19.4. The lowest BCUT2D eigenvalue weighted by Crippen LogP contribution is -2.34. The summed E-state index contributed by atoms with van der Waals surface area (Å²) in [6.07, 6.45) is 3.17. The van der Waals surface area contributed by atoms with E-state index < -0.39 is 0 Å². The monoisotopic (exact) mass is 608 g/mol. The number of benzene rings is 4. The molecule has 10 bridgehead atoms. The van der Waals surface area contributed by atoms with Crippen LogP contribution in [0.5, 0.6) is 46.0 Å². The molecular weight excluding hydrogens is 568 g/mol. The SMILES string of the molecule is COc1ccc2cc1Oc1ccc(cc1)C[C@H]1c3cc(OC)c(O)c(c3CCN1C)Oc1cc3c(cc1OC)CCN(C)C3C2. The van der Waals surface area contributed by atoms with Crippen molar-refractivity contribution in [2.45, 2.75) is 37.8 Å². The Morgan fingerprint density at radius 2 is 1.31 bits per heavy atom. The molecule has 45 heavy (non-hydrogen) atoms. The van der Waals surface area contributed by atoms with Gasteiger partial charge < -0.3 is 28.8 Å². The van der Waals surface area contributed by atoms with Gasteiger partial charge in [0, 0.05) is 30.7 Å². The molecule has 0 saturated carbocycles. The van der Waals surface area contributed by atoms with Gasteiger partial charge in [0.25, 0.3) is 0 Å². The van der Waals surface area contributed by atoms with Crippen LogP contribution >= 0.6 is 0 Å². The van der Waals surface area contributed by atoms with Crippen LogP contribution in [-0.4, -0.2) is 63.4 Å². The van der Waals surface area contributed by atoms with Crippen molar-refractivity contribution in [2.75, 3.05) is 48.5 Å². The summed E-state index contributed by atoms with van der Waals surface area (Å²) in [5.74, 6) is 4.18. The van der Waals surface area contributed by atoms with E-state index in [0.29, 0.717) is 34.5 Å². The van der Waals surface area contributed by atoms with Crippen molar-refractivity contribution in [1.29, 1.82) is 0 Å². The lowest BCUT2D eigenvalue weighted by Gasteiger charge is -2.37. The minimum absolute atomic E-state index is 0.00569. The van der Waals surface area contributed by atoms with Gasteiger partial charge in [0.2, 0.25) is 5.75 Å². The van der Waals surface area contributed by atoms with E-state index in [1.54, 1.807) is 21.3 Å². The standard InChI is InChI=1S/C37H40N2O6/c1-38-14-12-24-19-32(42-4)34-20-27(24)29(38)17-23-8-11-31(41-3)33(18-23)44-25-9-6-22(7-10-25)16-30-28-21-35(43-5)36(40)37(45-34)26(28)13-15-39(30)2/h6-11,18-21,29-30,40H,12-17H2,1-5H3/t29?,30-/m0/s1. The van der Waals surface area contributed by atoms with Gasteiger partial charge in [-0.3, -0.25) is 9.80 Å². The number of phenols is 1. The predicted octanol–water partition coefficient (Wildman–Crippen LogP) is 6.86. The Balaban J connectivity index is 1.44. The van der Waals surface area contributed by atoms with E-state index in [2.05, 4.69) is 60.3 Å². The predicted molar refractivity (Wildman–Crippen MR) is 173 cm³/mol. The highest BCUT2D eigenvalue weighted by Crippen LogP contribution is 2.50. The first-order valence-corrected chi connectivity index (χ1v) is 15.5. The third-order valence-corrected chi connectivity index (χ3v) is 9.68. The maximum absolute atomic E-state index is 11.5. The fraction of sp³-hybridized carbons (Fsp3) is 0.351. The van der Waals surface area contributed by atoms with Gasteiger partial charge in [0.1, 0.15) is 5.75 Å². The Morgan fingerprint density at radius 3 is 2.04 bits per heavy atom. The molecular formula is C37H40N2O6. The number of methoxy groups -OCH3 is 3. The van der Waals surface area contributed by atoms with Crippen LogP contribution in [0, 0.1) is 0 Å². The number of ether oxygens (including phenoxy) is 5. The highest BCUT2D eigenvalue weighted by Gasteiger charge is 2.33. The quantitative estimate of drug-likeness (QED) is 0.271. The maximum Gasteiger partial charge on any atom is 0.201 e. The van der Waals surface area contributed by atoms with Gasteiger partial charge in [0.05, 0.1) is 21.3 Å². The Hall–Kier alpha value is -4.40. The van der Waals surface area contributed by atoms with Crippen LogP contribution in [0.4, 0.5) is 0 Å². The van der Waals surface area contributed by atoms with E-state index in [-0.39, 0.29) is 17.8 Å². The topological polar surface area (TPSA) is 72.9 Å². The molecule has 1 unspecified atom stereocenters. The average Bonchev–Trinajstić information content (AvgIpc) is 3.05. The second-order valence-corrected chi connectivity index (χ2v) is 12.3. The van der Waals surface area contributed by atoms with Crippen LogP contribution in [0.25, 0.3) is 0 Å². The summed E-state index contributed by atoms with van der Waals surface area (Å²) >= 11 is 0. The molecule has 0 fully saturated rings. The van der Waals surface area contributed by atoms with Gasteiger partial charge >= 0.3 is 0 Å². The van der Waals surface area contributed by atoms with Crippen molar-refractivity contribution in [2.24, 2.45) is 0 Å². The highest BCUT2D eigenvalue weighted by molar-refractivity contribution is 5.62. The summed E-state index contributed by atoms with van der Waals surface area (Å²) in [6, 6.07) is 20.7. The zero-order chi connectivity index (χ0) is 31.2. The Bertz CT molecular complexity index is 1740. The second kappa shape index (κ2) is 11.8. The molecule has 2 atom stereocenters. The van der Waals surface area contributed by atoms with E-state index in [1.165, 1.54) is 16.7 Å². The van der Waals surface area contributed by atoms with Crippen molar-refractivity contribution < 1.29 is 28.8 Å². The molecule has 8 heteroatoms. The Labute approximate surface area is 264 Å². The van der Waals surface area contributed by atoms with E-state index in [1.807, 2.05) is 24.3 Å². The van der Waals surface area contributed by atoms with Crippen molar-refractivity contribution in [1.82, 2.24) is 9.80 Å². The second-order valence-electron chi connectivity index (χ2n) is 12.3. The summed E-state index contributed by atoms with van der Waals surface area (Å²) in [5.41, 5.74) is 6.80. The Kier molecular flexibility index (Phi) is 7.71. The van der Waals surface area contributed by atoms with Crippen molar-refractivity contribution in [3.63, 3.8) is 0 Å². The van der Waals surface area contributed by atoms with Crippen LogP contribution in [0.2, 0.25) is 0 Å². The first-order valence-electron chi connectivity index (χ1n) is 15.5. The van der Waals surface area contributed by atoms with E-state index in [9.17, 15) is 5.11 Å². The fourth-order valence-electron chi connectivity index (χ4n) is 7.10. The van der Waals surface area contributed by atoms with Crippen LogP contribution in [0.3, 0.4) is 0 Å². The maximum atomic E-state index is 11.5. The van der Waals surface area contributed by atoms with Crippen LogP contribution in [0.1, 0.15) is 45.5 Å². The number of fused-ring (bicyclic) bond motifs is 2. The van der Waals surface area contributed by atoms with Crippen molar-refractivity contribution in [3.8, 4) is 46.0 Å². The van der Waals surface area contributed by atoms with Gasteiger partial charge in [-0.15, -0.1) is 0 Å². The molecule has 0 radical (unpaired) electrons. The van der Waals surface area contributed by atoms with Gasteiger partial charge in [0.15, 0.2) is 34.5 Å². The summed E-state index contributed by atoms with van der Waals surface area (Å²) in [6.45, 7) is 1.75. The zero-order valence-corrected chi connectivity index (χ0v) is 26.6. The molecule has 4 aliphatic heterocycles. The minimum atomic E-state index is 0.00569. The first kappa shape index (κ1) is 29.3. The molecule has 0 aliphatic carbocycles. The van der Waals surface area contributed by atoms with Gasteiger partial charge in [-0.25, -0.2) is 0 Å². The number of phenolic OH excluding ortho intramolecular Hbond substituents is 1. The molecule has 4 aromatic rings. The smallest absolute Gasteiger partial charge is 0.201 e. The van der Waals surface area contributed by atoms with Gasteiger partial charge in [-0.05, 0) is 110 Å². The van der Waals surface area contributed by atoms with Crippen molar-refractivity contribution in [3.05, 3.63) is 94.0 Å². The number of rotatable bonds is 3. The molecule has 8 nitrogen and oxygen atoms in total. The first-order chi connectivity index (χ1) is 21.9. The van der Waals surface area contributed by atoms with Crippen molar-refractivity contribution >= 4 is 0 Å². The van der Waals surface area contributed by atoms with Gasteiger partial charge in [-0.2, -0.15) is 0 Å². The fourth-order valence-corrected chi connectivity index (χ4v) is 7.10. The number of aromatic hydroxyl groups is 1. The third-order valence-electron chi connectivity index (χ3n) is 9.68. The van der Waals surface area contributed by atoms with Gasteiger partial charge in [-0.1, -0.05) is 18.2 Å².